The van der Waals surface area contributed by atoms with Gasteiger partial charge in [-0.2, -0.15) is 0 Å². The molecule has 0 saturated heterocycles. The first-order chi connectivity index (χ1) is 8.65. The third-order valence-electron chi connectivity index (χ3n) is 3.09. The molecule has 0 radical (unpaired) electrons. The molecule has 0 bridgehead atoms. The van der Waals surface area contributed by atoms with Gasteiger partial charge in [0, 0.05) is 23.3 Å². The quantitative estimate of drug-likeness (QED) is 0.750. The first-order valence-corrected chi connectivity index (χ1v) is 5.65. The van der Waals surface area contributed by atoms with E-state index in [0.717, 1.165) is 0 Å². The highest BCUT2D eigenvalue weighted by atomic mass is 19.1. The minimum atomic E-state index is -0.316. The Balaban J connectivity index is 2.15. The Bertz CT molecular complexity index is 623. The molecular weight excluding hydrogens is 235 g/mol. The summed E-state index contributed by atoms with van der Waals surface area (Å²) in [6.07, 6.45) is 0.919. The molecule has 4 heteroatoms. The summed E-state index contributed by atoms with van der Waals surface area (Å²) >= 11 is 0. The fourth-order valence-electron chi connectivity index (χ4n) is 2.20. The van der Waals surface area contributed by atoms with Gasteiger partial charge in [-0.1, -0.05) is 6.07 Å². The van der Waals surface area contributed by atoms with Crippen LogP contribution in [0.2, 0.25) is 0 Å². The third-order valence-corrected chi connectivity index (χ3v) is 3.09. The highest BCUT2D eigenvalue weighted by Gasteiger charge is 2.20. The maximum Gasteiger partial charge on any atom is 0.138 e. The van der Waals surface area contributed by atoms with Crippen molar-refractivity contribution in [3.8, 4) is 23.0 Å². The van der Waals surface area contributed by atoms with Crippen molar-refractivity contribution in [2.24, 2.45) is 0 Å². The molecule has 1 aliphatic rings. The normalized spacial score (nSPS) is 13.2. The lowest BCUT2D eigenvalue weighted by molar-refractivity contribution is 0.426. The fraction of sp³-hybridized carbons (Fsp3) is 0.143. The van der Waals surface area contributed by atoms with E-state index in [0.29, 0.717) is 35.5 Å². The van der Waals surface area contributed by atoms with Crippen molar-refractivity contribution in [3.05, 3.63) is 47.3 Å². The Morgan fingerprint density at radius 3 is 2.61 bits per heavy atom. The van der Waals surface area contributed by atoms with E-state index in [2.05, 4.69) is 0 Å². The molecule has 1 heterocycles. The summed E-state index contributed by atoms with van der Waals surface area (Å²) in [5.41, 5.74) is 1.08. The molecule has 2 N–H and O–H groups in total. The summed E-state index contributed by atoms with van der Waals surface area (Å²) < 4.78 is 19.2. The standard InChI is InChI=1S/C14H11FO3/c15-11-2-1-3-13-9(11)4-5-10-12(17)6-8(16)7-14(10)18-13/h1-3,6-7,16-17H,4-5H2. The van der Waals surface area contributed by atoms with Gasteiger partial charge < -0.3 is 14.9 Å². The zero-order chi connectivity index (χ0) is 12.7. The smallest absolute Gasteiger partial charge is 0.138 e. The SMILES string of the molecule is Oc1cc(O)c2c(c1)Oc1cccc(F)c1CC2. The van der Waals surface area contributed by atoms with Crippen molar-refractivity contribution in [1.29, 1.82) is 0 Å². The highest BCUT2D eigenvalue weighted by molar-refractivity contribution is 5.53. The van der Waals surface area contributed by atoms with Crippen LogP contribution in [0.3, 0.4) is 0 Å². The van der Waals surface area contributed by atoms with Crippen LogP contribution in [0.5, 0.6) is 23.0 Å². The van der Waals surface area contributed by atoms with E-state index >= 15 is 0 Å². The first-order valence-electron chi connectivity index (χ1n) is 5.65. The number of halogens is 1. The van der Waals surface area contributed by atoms with Crippen LogP contribution in [0.1, 0.15) is 11.1 Å². The van der Waals surface area contributed by atoms with Gasteiger partial charge in [-0.3, -0.25) is 0 Å². The van der Waals surface area contributed by atoms with Gasteiger partial charge in [0.15, 0.2) is 0 Å². The van der Waals surface area contributed by atoms with Crippen LogP contribution in [0, 0.1) is 5.82 Å². The van der Waals surface area contributed by atoms with Crippen LogP contribution in [-0.2, 0) is 12.8 Å². The summed E-state index contributed by atoms with van der Waals surface area (Å²) in [6, 6.07) is 7.32. The topological polar surface area (TPSA) is 49.7 Å². The summed E-state index contributed by atoms with van der Waals surface area (Å²) in [6.45, 7) is 0. The highest BCUT2D eigenvalue weighted by Crippen LogP contribution is 2.40. The predicted octanol–water partition coefficient (Wildman–Crippen LogP) is 3.13. The summed E-state index contributed by atoms with van der Waals surface area (Å²) in [5.74, 6) is 0.379. The first kappa shape index (κ1) is 10.9. The van der Waals surface area contributed by atoms with Crippen LogP contribution in [0.15, 0.2) is 30.3 Å². The van der Waals surface area contributed by atoms with Crippen LogP contribution in [0.25, 0.3) is 0 Å². The van der Waals surface area contributed by atoms with E-state index in [1.807, 2.05) is 0 Å². The fourth-order valence-corrected chi connectivity index (χ4v) is 2.20. The van der Waals surface area contributed by atoms with Crippen molar-refractivity contribution in [1.82, 2.24) is 0 Å². The Kier molecular flexibility index (Phi) is 2.37. The third kappa shape index (κ3) is 1.66. The lowest BCUT2D eigenvalue weighted by Crippen LogP contribution is -1.93. The number of aromatic hydroxyl groups is 2. The van der Waals surface area contributed by atoms with E-state index in [9.17, 15) is 14.6 Å². The molecule has 2 aromatic carbocycles. The number of phenols is 2. The number of ether oxygens (including phenoxy) is 1. The summed E-state index contributed by atoms with van der Waals surface area (Å²) in [5, 5.41) is 19.2. The van der Waals surface area contributed by atoms with Gasteiger partial charge in [0.1, 0.15) is 28.8 Å². The molecule has 18 heavy (non-hydrogen) atoms. The van der Waals surface area contributed by atoms with Gasteiger partial charge in [-0.25, -0.2) is 4.39 Å². The number of fused-ring (bicyclic) bond motifs is 2. The number of benzene rings is 2. The van der Waals surface area contributed by atoms with Gasteiger partial charge in [0.25, 0.3) is 0 Å². The maximum absolute atomic E-state index is 13.7. The van der Waals surface area contributed by atoms with Gasteiger partial charge in [0.2, 0.25) is 0 Å². The summed E-state index contributed by atoms with van der Waals surface area (Å²) in [4.78, 5) is 0. The average molecular weight is 246 g/mol. The van der Waals surface area contributed by atoms with Crippen molar-refractivity contribution in [3.63, 3.8) is 0 Å². The van der Waals surface area contributed by atoms with Crippen molar-refractivity contribution < 1.29 is 19.3 Å². The molecule has 2 aromatic rings. The number of phenolic OH excluding ortho intramolecular Hbond substituents is 2. The van der Waals surface area contributed by atoms with Crippen LogP contribution >= 0.6 is 0 Å². The van der Waals surface area contributed by atoms with Gasteiger partial charge >= 0.3 is 0 Å². The molecule has 0 aliphatic carbocycles. The zero-order valence-corrected chi connectivity index (χ0v) is 9.48. The van der Waals surface area contributed by atoms with E-state index in [1.165, 1.54) is 18.2 Å². The number of rotatable bonds is 0. The van der Waals surface area contributed by atoms with Gasteiger partial charge in [-0.05, 0) is 25.0 Å². The minimum Gasteiger partial charge on any atom is -0.508 e. The molecule has 3 nitrogen and oxygen atoms in total. The Labute approximate surface area is 103 Å². The molecule has 3 rings (SSSR count). The van der Waals surface area contributed by atoms with Crippen LogP contribution in [-0.4, -0.2) is 10.2 Å². The molecule has 0 fully saturated rings. The molecule has 0 atom stereocenters. The van der Waals surface area contributed by atoms with Gasteiger partial charge in [-0.15, -0.1) is 0 Å². The summed E-state index contributed by atoms with van der Waals surface area (Å²) in [7, 11) is 0. The number of hydrogen-bond donors (Lipinski definition) is 2. The second-order valence-electron chi connectivity index (χ2n) is 4.26. The van der Waals surface area contributed by atoms with E-state index in [1.54, 1.807) is 12.1 Å². The number of hydrogen-bond acceptors (Lipinski definition) is 3. The predicted molar refractivity (Wildman–Crippen MR) is 63.7 cm³/mol. The molecule has 0 unspecified atom stereocenters. The Morgan fingerprint density at radius 2 is 1.78 bits per heavy atom. The van der Waals surface area contributed by atoms with Crippen LogP contribution in [0.4, 0.5) is 4.39 Å². The second kappa shape index (κ2) is 3.91. The molecule has 0 amide bonds. The molecule has 0 saturated carbocycles. The van der Waals surface area contributed by atoms with E-state index < -0.39 is 0 Å². The van der Waals surface area contributed by atoms with Crippen molar-refractivity contribution in [2.45, 2.75) is 12.8 Å². The largest absolute Gasteiger partial charge is 0.508 e. The molecular formula is C14H11FO3. The minimum absolute atomic E-state index is 0.0294. The lowest BCUT2D eigenvalue weighted by atomic mass is 10.0. The molecule has 0 spiro atoms. The van der Waals surface area contributed by atoms with Crippen LogP contribution < -0.4 is 4.74 Å². The molecule has 92 valence electrons. The van der Waals surface area contributed by atoms with E-state index in [-0.39, 0.29) is 17.3 Å². The van der Waals surface area contributed by atoms with Gasteiger partial charge in [0.05, 0.1) is 0 Å². The van der Waals surface area contributed by atoms with Crippen molar-refractivity contribution >= 4 is 0 Å². The molecule has 0 aromatic heterocycles. The Morgan fingerprint density at radius 1 is 1.00 bits per heavy atom. The second-order valence-corrected chi connectivity index (χ2v) is 4.26. The lowest BCUT2D eigenvalue weighted by Gasteiger charge is -2.10. The maximum atomic E-state index is 13.7. The monoisotopic (exact) mass is 246 g/mol. The van der Waals surface area contributed by atoms with E-state index in [4.69, 9.17) is 4.74 Å². The average Bonchev–Trinajstić information content (AvgIpc) is 2.48. The Hall–Kier alpha value is -2.23. The zero-order valence-electron chi connectivity index (χ0n) is 9.48. The van der Waals surface area contributed by atoms with Crippen molar-refractivity contribution in [2.75, 3.05) is 0 Å². The molecule has 1 aliphatic heterocycles.